The molecule has 3 heterocycles. The van der Waals surface area contributed by atoms with Gasteiger partial charge in [-0.1, -0.05) is 5.16 Å². The molecule has 2 atom stereocenters. The Morgan fingerprint density at radius 2 is 1.79 bits per heavy atom. The zero-order chi connectivity index (χ0) is 20.1. The summed E-state index contributed by atoms with van der Waals surface area (Å²) in [5.41, 5.74) is 0.676. The molecule has 0 unspecified atom stereocenters. The van der Waals surface area contributed by atoms with Crippen molar-refractivity contribution in [3.63, 3.8) is 0 Å². The fraction of sp³-hybridized carbons (Fsp3) is 0.579. The van der Waals surface area contributed by atoms with E-state index in [2.05, 4.69) is 5.16 Å². The highest BCUT2D eigenvalue weighted by Crippen LogP contribution is 2.36. The predicted octanol–water partition coefficient (Wildman–Crippen LogP) is 3.15. The Morgan fingerprint density at radius 1 is 1.18 bits per heavy atom. The highest BCUT2D eigenvalue weighted by atomic mass is 32.2. The summed E-state index contributed by atoms with van der Waals surface area (Å²) in [5.74, 6) is -0.534. The standard InChI is InChI=1S/C15H17FN2O3S.C4H8O2/c1-8-5-18(6-9(2)20-8)13-10(7-19)4-11-14(12(13)16)21-17-15(11)22-3;1-2-6-4-3-5-1/h4,7-9H,5-6H2,1-3H3;1-4H2/t8-,9+;. The molecule has 4 rings (SSSR count). The van der Waals surface area contributed by atoms with Crippen LogP contribution in [0.2, 0.25) is 0 Å². The second-order valence-corrected chi connectivity index (χ2v) is 7.50. The van der Waals surface area contributed by atoms with E-state index in [-0.39, 0.29) is 23.5 Å². The summed E-state index contributed by atoms with van der Waals surface area (Å²) in [6.45, 7) is 8.02. The average molecular weight is 412 g/mol. The number of nitrogens with zero attached hydrogens (tertiary/aromatic N) is 2. The Balaban J connectivity index is 0.000000320. The number of benzene rings is 1. The Kier molecular flexibility index (Phi) is 7.28. The van der Waals surface area contributed by atoms with Crippen molar-refractivity contribution < 1.29 is 27.9 Å². The van der Waals surface area contributed by atoms with Crippen LogP contribution in [0.15, 0.2) is 15.6 Å². The molecule has 2 aromatic rings. The summed E-state index contributed by atoms with van der Waals surface area (Å²) in [6, 6.07) is 1.65. The van der Waals surface area contributed by atoms with Gasteiger partial charge in [0, 0.05) is 18.7 Å². The van der Waals surface area contributed by atoms with Crippen molar-refractivity contribution in [2.24, 2.45) is 0 Å². The Morgan fingerprint density at radius 3 is 2.29 bits per heavy atom. The number of hydrogen-bond donors (Lipinski definition) is 0. The number of aromatic nitrogens is 1. The molecule has 2 aliphatic rings. The fourth-order valence-corrected chi connectivity index (χ4v) is 3.87. The molecule has 0 saturated carbocycles. The number of hydrogen-bond acceptors (Lipinski definition) is 8. The molecule has 2 saturated heterocycles. The van der Waals surface area contributed by atoms with Gasteiger partial charge in [0.05, 0.1) is 49.7 Å². The van der Waals surface area contributed by atoms with E-state index in [0.29, 0.717) is 35.4 Å². The van der Waals surface area contributed by atoms with Gasteiger partial charge in [-0.05, 0) is 26.2 Å². The van der Waals surface area contributed by atoms with Crippen LogP contribution in [0.3, 0.4) is 0 Å². The monoisotopic (exact) mass is 412 g/mol. The summed E-state index contributed by atoms with van der Waals surface area (Å²) >= 11 is 1.35. The molecule has 0 radical (unpaired) electrons. The third-order valence-corrected chi connectivity index (χ3v) is 5.16. The van der Waals surface area contributed by atoms with Gasteiger partial charge in [0.25, 0.3) is 0 Å². The first-order valence-corrected chi connectivity index (χ1v) is 10.4. The van der Waals surface area contributed by atoms with E-state index >= 15 is 0 Å². The first-order chi connectivity index (χ1) is 13.5. The molecule has 2 aliphatic heterocycles. The number of carbonyl (C=O) groups is 1. The van der Waals surface area contributed by atoms with Gasteiger partial charge in [0.1, 0.15) is 5.03 Å². The van der Waals surface area contributed by atoms with Crippen LogP contribution >= 0.6 is 11.8 Å². The maximum absolute atomic E-state index is 14.9. The van der Waals surface area contributed by atoms with Crippen LogP contribution in [-0.2, 0) is 14.2 Å². The SMILES string of the molecule is C1COCCO1.CSc1noc2c(F)c(N3C[C@@H](C)O[C@@H](C)C3)c(C=O)cc12. The number of rotatable bonds is 3. The second-order valence-electron chi connectivity index (χ2n) is 6.70. The van der Waals surface area contributed by atoms with Gasteiger partial charge in [-0.15, -0.1) is 11.8 Å². The molecular weight excluding hydrogens is 387 g/mol. The lowest BCUT2D eigenvalue weighted by Gasteiger charge is -2.37. The quantitative estimate of drug-likeness (QED) is 0.562. The normalized spacial score (nSPS) is 22.6. The van der Waals surface area contributed by atoms with E-state index in [9.17, 15) is 9.18 Å². The van der Waals surface area contributed by atoms with Gasteiger partial charge in [-0.2, -0.15) is 0 Å². The molecule has 1 aromatic carbocycles. The number of anilines is 1. The molecule has 7 nitrogen and oxygen atoms in total. The first-order valence-electron chi connectivity index (χ1n) is 9.22. The predicted molar refractivity (Wildman–Crippen MR) is 105 cm³/mol. The minimum Gasteiger partial charge on any atom is -0.377 e. The Hall–Kier alpha value is -1.68. The number of carbonyl (C=O) groups excluding carboxylic acids is 1. The van der Waals surface area contributed by atoms with Crippen LogP contribution in [-0.4, -0.2) is 69.4 Å². The minimum atomic E-state index is -0.534. The zero-order valence-electron chi connectivity index (χ0n) is 16.3. The van der Waals surface area contributed by atoms with E-state index in [4.69, 9.17) is 18.7 Å². The number of morpholine rings is 1. The molecule has 0 bridgehead atoms. The molecule has 28 heavy (non-hydrogen) atoms. The van der Waals surface area contributed by atoms with Gasteiger partial charge < -0.3 is 23.6 Å². The van der Waals surface area contributed by atoms with Crippen LogP contribution in [0.25, 0.3) is 11.0 Å². The van der Waals surface area contributed by atoms with Crippen molar-refractivity contribution in [1.29, 1.82) is 0 Å². The van der Waals surface area contributed by atoms with Crippen molar-refractivity contribution in [2.45, 2.75) is 31.1 Å². The van der Waals surface area contributed by atoms with Crippen molar-refractivity contribution in [1.82, 2.24) is 5.16 Å². The van der Waals surface area contributed by atoms with E-state index in [0.717, 1.165) is 26.4 Å². The highest BCUT2D eigenvalue weighted by Gasteiger charge is 2.29. The van der Waals surface area contributed by atoms with Crippen LogP contribution in [0.1, 0.15) is 24.2 Å². The van der Waals surface area contributed by atoms with Gasteiger partial charge in [0.15, 0.2) is 12.1 Å². The minimum absolute atomic E-state index is 0.0326. The molecule has 1 aromatic heterocycles. The summed E-state index contributed by atoms with van der Waals surface area (Å²) in [7, 11) is 0. The highest BCUT2D eigenvalue weighted by molar-refractivity contribution is 7.98. The summed E-state index contributed by atoms with van der Waals surface area (Å²) in [6.07, 6.45) is 2.44. The molecule has 9 heteroatoms. The molecule has 0 spiro atoms. The van der Waals surface area contributed by atoms with Crippen molar-refractivity contribution >= 4 is 34.7 Å². The number of thioether (sulfide) groups is 1. The molecule has 0 amide bonds. The Bertz CT molecular complexity index is 790. The topological polar surface area (TPSA) is 74.0 Å². The molecule has 0 N–H and O–H groups in total. The van der Waals surface area contributed by atoms with Crippen LogP contribution in [0.4, 0.5) is 10.1 Å². The van der Waals surface area contributed by atoms with E-state index in [1.54, 1.807) is 6.07 Å². The fourth-order valence-electron chi connectivity index (χ4n) is 3.39. The number of aldehydes is 1. The molecule has 0 aliphatic carbocycles. The number of halogens is 1. The van der Waals surface area contributed by atoms with Gasteiger partial charge in [0.2, 0.25) is 5.58 Å². The first kappa shape index (κ1) is 21.0. The third kappa shape index (κ3) is 4.65. The van der Waals surface area contributed by atoms with Crippen LogP contribution < -0.4 is 4.90 Å². The summed E-state index contributed by atoms with van der Waals surface area (Å²) in [5, 5.41) is 4.96. The molecular formula is C19H25FN2O5S. The maximum Gasteiger partial charge on any atom is 0.205 e. The van der Waals surface area contributed by atoms with Crippen molar-refractivity contribution in [3.05, 3.63) is 17.4 Å². The Labute approximate surface area is 167 Å². The zero-order valence-corrected chi connectivity index (χ0v) is 17.1. The summed E-state index contributed by atoms with van der Waals surface area (Å²) in [4.78, 5) is 13.3. The maximum atomic E-state index is 14.9. The lowest BCUT2D eigenvalue weighted by molar-refractivity contribution is -0.0334. The smallest absolute Gasteiger partial charge is 0.205 e. The van der Waals surface area contributed by atoms with Crippen LogP contribution in [0, 0.1) is 5.82 Å². The van der Waals surface area contributed by atoms with E-state index < -0.39 is 5.82 Å². The third-order valence-electron chi connectivity index (χ3n) is 4.48. The lowest BCUT2D eigenvalue weighted by Crippen LogP contribution is -2.46. The van der Waals surface area contributed by atoms with E-state index in [1.807, 2.05) is 25.0 Å². The molecule has 2 fully saturated rings. The molecule has 154 valence electrons. The van der Waals surface area contributed by atoms with Gasteiger partial charge in [-0.3, -0.25) is 4.79 Å². The summed E-state index contributed by atoms with van der Waals surface area (Å²) < 4.78 is 35.6. The van der Waals surface area contributed by atoms with Gasteiger partial charge in [-0.25, -0.2) is 4.39 Å². The largest absolute Gasteiger partial charge is 0.377 e. The number of ether oxygens (including phenoxy) is 3. The van der Waals surface area contributed by atoms with Crippen molar-refractivity contribution in [2.75, 3.05) is 50.7 Å². The number of fused-ring (bicyclic) bond motifs is 1. The van der Waals surface area contributed by atoms with Crippen molar-refractivity contribution in [3.8, 4) is 0 Å². The lowest BCUT2D eigenvalue weighted by atomic mass is 10.1. The van der Waals surface area contributed by atoms with Gasteiger partial charge >= 0.3 is 0 Å². The van der Waals surface area contributed by atoms with Crippen LogP contribution in [0.5, 0.6) is 0 Å². The van der Waals surface area contributed by atoms with E-state index in [1.165, 1.54) is 11.8 Å². The second kappa shape index (κ2) is 9.69. The average Bonchev–Trinajstić information content (AvgIpc) is 3.12.